The second kappa shape index (κ2) is 10.8. The van der Waals surface area contributed by atoms with Crippen molar-refractivity contribution in [2.24, 2.45) is 10.9 Å². The van der Waals surface area contributed by atoms with Crippen molar-refractivity contribution in [3.05, 3.63) is 0 Å². The van der Waals surface area contributed by atoms with Crippen LogP contribution < -0.4 is 10.6 Å². The fraction of sp³-hybridized carbons (Fsp3) is 0.923. The number of nitrogens with one attached hydrogen (secondary N) is 2. The molecule has 0 aromatic carbocycles. The zero-order chi connectivity index (χ0) is 12.5. The summed E-state index contributed by atoms with van der Waals surface area (Å²) in [4.78, 5) is 4.54. The summed E-state index contributed by atoms with van der Waals surface area (Å²) in [5.74, 6) is 1.83. The van der Waals surface area contributed by atoms with Gasteiger partial charge < -0.3 is 15.4 Å². The summed E-state index contributed by atoms with van der Waals surface area (Å²) in [6.45, 7) is 6.88. The molecule has 5 heteroatoms. The number of guanidine groups is 1. The van der Waals surface area contributed by atoms with Gasteiger partial charge in [-0.25, -0.2) is 0 Å². The molecule has 0 aliphatic heterocycles. The van der Waals surface area contributed by atoms with Crippen LogP contribution in [0.25, 0.3) is 0 Å². The van der Waals surface area contributed by atoms with E-state index in [0.717, 1.165) is 38.0 Å². The maximum absolute atomic E-state index is 5.02. The van der Waals surface area contributed by atoms with Gasteiger partial charge in [0.05, 0.1) is 0 Å². The van der Waals surface area contributed by atoms with Crippen LogP contribution in [0.2, 0.25) is 0 Å². The van der Waals surface area contributed by atoms with Crippen molar-refractivity contribution >= 4 is 29.9 Å². The molecule has 2 N–H and O–H groups in total. The number of ether oxygens (including phenoxy) is 1. The third-order valence-corrected chi connectivity index (χ3v) is 3.02. The van der Waals surface area contributed by atoms with Crippen LogP contribution >= 0.6 is 24.0 Å². The summed E-state index contributed by atoms with van der Waals surface area (Å²) < 4.78 is 5.02. The van der Waals surface area contributed by atoms with Crippen molar-refractivity contribution in [2.75, 3.05) is 26.8 Å². The van der Waals surface area contributed by atoms with Gasteiger partial charge in [0.1, 0.15) is 0 Å². The highest BCUT2D eigenvalue weighted by Crippen LogP contribution is 2.34. The molecule has 0 saturated heterocycles. The molecule has 108 valence electrons. The minimum Gasteiger partial charge on any atom is -0.385 e. The van der Waals surface area contributed by atoms with Gasteiger partial charge in [-0.05, 0) is 32.1 Å². The van der Waals surface area contributed by atoms with Gasteiger partial charge in [0.15, 0.2) is 5.96 Å². The van der Waals surface area contributed by atoms with Crippen LogP contribution in [0.15, 0.2) is 4.99 Å². The molecule has 0 radical (unpaired) electrons. The van der Waals surface area contributed by atoms with E-state index in [1.807, 2.05) is 0 Å². The number of hydrogen-bond acceptors (Lipinski definition) is 2. The van der Waals surface area contributed by atoms with Gasteiger partial charge >= 0.3 is 0 Å². The lowest BCUT2D eigenvalue weighted by molar-refractivity contribution is 0.197. The highest BCUT2D eigenvalue weighted by molar-refractivity contribution is 14.0. The van der Waals surface area contributed by atoms with Crippen LogP contribution in [-0.2, 0) is 4.74 Å². The summed E-state index contributed by atoms with van der Waals surface area (Å²) in [6, 6.07) is 0.648. The van der Waals surface area contributed by atoms with E-state index < -0.39 is 0 Å². The third kappa shape index (κ3) is 7.41. The second-order valence-electron chi connectivity index (χ2n) is 4.64. The van der Waals surface area contributed by atoms with Crippen LogP contribution in [0.3, 0.4) is 0 Å². The molecule has 1 fully saturated rings. The Hall–Kier alpha value is -0.0400. The van der Waals surface area contributed by atoms with Gasteiger partial charge in [0.25, 0.3) is 0 Å². The predicted octanol–water partition coefficient (Wildman–Crippen LogP) is 2.38. The Balaban J connectivity index is 0.00000289. The van der Waals surface area contributed by atoms with Crippen molar-refractivity contribution in [3.8, 4) is 0 Å². The Labute approximate surface area is 128 Å². The summed E-state index contributed by atoms with van der Waals surface area (Å²) >= 11 is 0. The molecule has 1 rings (SSSR count). The van der Waals surface area contributed by atoms with Gasteiger partial charge in [0.2, 0.25) is 0 Å². The van der Waals surface area contributed by atoms with Crippen LogP contribution in [0.5, 0.6) is 0 Å². The summed E-state index contributed by atoms with van der Waals surface area (Å²) in [5, 5.41) is 6.79. The van der Waals surface area contributed by atoms with Crippen molar-refractivity contribution in [1.82, 2.24) is 10.6 Å². The lowest BCUT2D eigenvalue weighted by atomic mass is 10.2. The molecular weight excluding hydrogens is 341 g/mol. The van der Waals surface area contributed by atoms with E-state index in [9.17, 15) is 0 Å². The number of aliphatic imine (C=N–C) groups is 1. The van der Waals surface area contributed by atoms with Crippen molar-refractivity contribution in [3.63, 3.8) is 0 Å². The van der Waals surface area contributed by atoms with Crippen LogP contribution in [0.1, 0.15) is 39.5 Å². The molecular formula is C13H28IN3O. The lowest BCUT2D eigenvalue weighted by Gasteiger charge is -2.11. The monoisotopic (exact) mass is 369 g/mol. The average molecular weight is 369 g/mol. The smallest absolute Gasteiger partial charge is 0.191 e. The van der Waals surface area contributed by atoms with E-state index in [0.29, 0.717) is 6.04 Å². The number of rotatable bonds is 8. The first-order valence-corrected chi connectivity index (χ1v) is 6.85. The summed E-state index contributed by atoms with van der Waals surface area (Å²) in [5.41, 5.74) is 0. The van der Waals surface area contributed by atoms with Gasteiger partial charge in [-0.15, -0.1) is 24.0 Å². The average Bonchev–Trinajstić information content (AvgIpc) is 3.03. The zero-order valence-corrected chi connectivity index (χ0v) is 14.2. The van der Waals surface area contributed by atoms with Crippen molar-refractivity contribution in [2.45, 2.75) is 45.6 Å². The first-order valence-electron chi connectivity index (χ1n) is 6.85. The van der Waals surface area contributed by atoms with E-state index in [2.05, 4.69) is 29.5 Å². The Morgan fingerprint density at radius 3 is 2.78 bits per heavy atom. The molecule has 0 amide bonds. The molecule has 0 bridgehead atoms. The quantitative estimate of drug-likeness (QED) is 0.299. The Kier molecular flexibility index (Phi) is 10.8. The first kappa shape index (κ1) is 18.0. The van der Waals surface area contributed by atoms with Crippen LogP contribution in [-0.4, -0.2) is 38.8 Å². The SMILES string of the molecule is CCCC1CC1NC(=NCCCOC)NCC.I. The fourth-order valence-corrected chi connectivity index (χ4v) is 2.01. The van der Waals surface area contributed by atoms with Crippen LogP contribution in [0, 0.1) is 5.92 Å². The van der Waals surface area contributed by atoms with Crippen molar-refractivity contribution in [1.29, 1.82) is 0 Å². The maximum Gasteiger partial charge on any atom is 0.191 e. The molecule has 0 heterocycles. The van der Waals surface area contributed by atoms with E-state index in [1.165, 1.54) is 19.3 Å². The number of hydrogen-bond donors (Lipinski definition) is 2. The number of methoxy groups -OCH3 is 1. The topological polar surface area (TPSA) is 45.7 Å². The van der Waals surface area contributed by atoms with E-state index in [4.69, 9.17) is 4.74 Å². The maximum atomic E-state index is 5.02. The fourth-order valence-electron chi connectivity index (χ4n) is 2.01. The molecule has 0 aromatic heterocycles. The second-order valence-corrected chi connectivity index (χ2v) is 4.64. The molecule has 18 heavy (non-hydrogen) atoms. The largest absolute Gasteiger partial charge is 0.385 e. The first-order chi connectivity index (χ1) is 8.31. The van der Waals surface area contributed by atoms with E-state index in [-0.39, 0.29) is 24.0 Å². The Morgan fingerprint density at radius 1 is 1.39 bits per heavy atom. The van der Waals surface area contributed by atoms with E-state index in [1.54, 1.807) is 7.11 Å². The molecule has 4 nitrogen and oxygen atoms in total. The molecule has 0 spiro atoms. The normalized spacial score (nSPS) is 22.3. The highest BCUT2D eigenvalue weighted by atomic mass is 127. The van der Waals surface area contributed by atoms with E-state index >= 15 is 0 Å². The van der Waals surface area contributed by atoms with Crippen LogP contribution in [0.4, 0.5) is 0 Å². The van der Waals surface area contributed by atoms with Gasteiger partial charge in [-0.1, -0.05) is 13.3 Å². The minimum atomic E-state index is 0. The third-order valence-electron chi connectivity index (χ3n) is 3.02. The summed E-state index contributed by atoms with van der Waals surface area (Å²) in [6.07, 6.45) is 4.90. The molecule has 1 aliphatic rings. The molecule has 1 saturated carbocycles. The predicted molar refractivity (Wildman–Crippen MR) is 87.8 cm³/mol. The molecule has 1 aliphatic carbocycles. The number of nitrogens with zero attached hydrogens (tertiary/aromatic N) is 1. The number of halogens is 1. The van der Waals surface area contributed by atoms with Crippen molar-refractivity contribution < 1.29 is 4.74 Å². The Morgan fingerprint density at radius 2 is 2.17 bits per heavy atom. The van der Waals surface area contributed by atoms with Gasteiger partial charge in [0, 0.05) is 32.8 Å². The molecule has 2 unspecified atom stereocenters. The zero-order valence-electron chi connectivity index (χ0n) is 11.9. The summed E-state index contributed by atoms with van der Waals surface area (Å²) in [7, 11) is 1.73. The van der Waals surface area contributed by atoms with Gasteiger partial charge in [-0.2, -0.15) is 0 Å². The Bertz CT molecular complexity index is 236. The lowest BCUT2D eigenvalue weighted by Crippen LogP contribution is -2.39. The highest BCUT2D eigenvalue weighted by Gasteiger charge is 2.36. The molecule has 0 aromatic rings. The standard InChI is InChI=1S/C13H27N3O.HI/c1-4-7-11-10-12(11)16-13(14-5-2)15-8-6-9-17-3;/h11-12H,4-10H2,1-3H3,(H2,14,15,16);1H. The van der Waals surface area contributed by atoms with Gasteiger partial charge in [-0.3, -0.25) is 4.99 Å². The minimum absolute atomic E-state index is 0. The molecule has 2 atom stereocenters.